The molecule has 3 heterocycles. The van der Waals surface area contributed by atoms with Crippen molar-refractivity contribution in [2.75, 3.05) is 11.6 Å². The molecule has 0 saturated heterocycles. The molecule has 136 valence electrons. The van der Waals surface area contributed by atoms with Crippen LogP contribution in [0.2, 0.25) is 0 Å². The third kappa shape index (κ3) is 3.44. The number of hydrogen-bond acceptors (Lipinski definition) is 7. The van der Waals surface area contributed by atoms with Crippen LogP contribution in [-0.4, -0.2) is 16.2 Å². The first kappa shape index (κ1) is 17.0. The maximum Gasteiger partial charge on any atom is 0.271 e. The van der Waals surface area contributed by atoms with Crippen molar-refractivity contribution < 1.29 is 9.34 Å². The SMILES string of the molecule is O=c1c(=CC=Cc2ccco2)sc2n1CN(c1cccc([N+](=O)[O-])c1)CN=2. The van der Waals surface area contributed by atoms with Gasteiger partial charge in [0.05, 0.1) is 15.7 Å². The van der Waals surface area contributed by atoms with Crippen molar-refractivity contribution in [3.05, 3.63) is 84.3 Å². The van der Waals surface area contributed by atoms with Gasteiger partial charge in [0.15, 0.2) is 4.80 Å². The maximum absolute atomic E-state index is 12.6. The molecular formula is C18H14N4O4S. The van der Waals surface area contributed by atoms with E-state index >= 15 is 0 Å². The van der Waals surface area contributed by atoms with Gasteiger partial charge in [0.25, 0.3) is 11.2 Å². The summed E-state index contributed by atoms with van der Waals surface area (Å²) in [5.41, 5.74) is 0.519. The lowest BCUT2D eigenvalue weighted by Crippen LogP contribution is -2.42. The molecule has 27 heavy (non-hydrogen) atoms. The van der Waals surface area contributed by atoms with E-state index in [4.69, 9.17) is 4.42 Å². The van der Waals surface area contributed by atoms with E-state index in [9.17, 15) is 14.9 Å². The molecule has 0 unspecified atom stereocenters. The van der Waals surface area contributed by atoms with E-state index in [1.54, 1.807) is 47.3 Å². The van der Waals surface area contributed by atoms with Gasteiger partial charge in [-0.3, -0.25) is 19.5 Å². The molecule has 8 nitrogen and oxygen atoms in total. The zero-order valence-corrected chi connectivity index (χ0v) is 14.8. The molecule has 0 atom stereocenters. The fourth-order valence-electron chi connectivity index (χ4n) is 2.71. The summed E-state index contributed by atoms with van der Waals surface area (Å²) in [7, 11) is 0. The summed E-state index contributed by atoms with van der Waals surface area (Å²) in [4.78, 5) is 30.1. The fourth-order valence-corrected chi connectivity index (χ4v) is 3.62. The molecule has 0 N–H and O–H groups in total. The number of fused-ring (bicyclic) bond motifs is 1. The first-order valence-electron chi connectivity index (χ1n) is 8.07. The predicted octanol–water partition coefficient (Wildman–Crippen LogP) is 1.96. The topological polar surface area (TPSA) is 93.9 Å². The van der Waals surface area contributed by atoms with Gasteiger partial charge in [-0.25, -0.2) is 4.99 Å². The van der Waals surface area contributed by atoms with Crippen LogP contribution in [0.5, 0.6) is 0 Å². The maximum atomic E-state index is 12.6. The van der Waals surface area contributed by atoms with E-state index in [2.05, 4.69) is 4.99 Å². The number of nitro groups is 1. The highest BCUT2D eigenvalue weighted by atomic mass is 32.1. The van der Waals surface area contributed by atoms with E-state index in [1.165, 1.54) is 23.5 Å². The summed E-state index contributed by atoms with van der Waals surface area (Å²) >= 11 is 1.32. The molecule has 1 aromatic carbocycles. The van der Waals surface area contributed by atoms with Crippen molar-refractivity contribution >= 4 is 34.9 Å². The minimum atomic E-state index is -0.439. The summed E-state index contributed by atoms with van der Waals surface area (Å²) < 4.78 is 7.35. The number of aromatic nitrogens is 1. The van der Waals surface area contributed by atoms with E-state index < -0.39 is 4.92 Å². The molecule has 0 spiro atoms. The number of rotatable bonds is 4. The van der Waals surface area contributed by atoms with E-state index in [0.29, 0.717) is 34.1 Å². The summed E-state index contributed by atoms with van der Waals surface area (Å²) in [5, 5.41) is 11.0. The van der Waals surface area contributed by atoms with Gasteiger partial charge >= 0.3 is 0 Å². The molecule has 0 aliphatic carbocycles. The second kappa shape index (κ2) is 7.04. The highest BCUT2D eigenvalue weighted by Gasteiger charge is 2.17. The second-order valence-corrected chi connectivity index (χ2v) is 6.79. The van der Waals surface area contributed by atoms with Crippen molar-refractivity contribution in [2.45, 2.75) is 6.67 Å². The monoisotopic (exact) mass is 382 g/mol. The molecular weight excluding hydrogens is 368 g/mol. The molecule has 1 aliphatic heterocycles. The summed E-state index contributed by atoms with van der Waals surface area (Å²) in [6.07, 6.45) is 6.85. The molecule has 0 fully saturated rings. The van der Waals surface area contributed by atoms with Crippen LogP contribution in [0.4, 0.5) is 11.4 Å². The third-order valence-electron chi connectivity index (χ3n) is 4.03. The minimum Gasteiger partial charge on any atom is -0.465 e. The number of benzene rings is 1. The predicted molar refractivity (Wildman–Crippen MR) is 102 cm³/mol. The molecule has 0 amide bonds. The summed E-state index contributed by atoms with van der Waals surface area (Å²) in [5.74, 6) is 0.703. The molecule has 4 rings (SSSR count). The number of anilines is 1. The van der Waals surface area contributed by atoms with Crippen molar-refractivity contribution in [1.82, 2.24) is 4.57 Å². The lowest BCUT2D eigenvalue weighted by molar-refractivity contribution is -0.384. The Kier molecular flexibility index (Phi) is 4.43. The Morgan fingerprint density at radius 1 is 1.30 bits per heavy atom. The zero-order chi connectivity index (χ0) is 18.8. The van der Waals surface area contributed by atoms with E-state index in [0.717, 1.165) is 0 Å². The molecule has 1 aliphatic rings. The first-order valence-corrected chi connectivity index (χ1v) is 8.89. The number of allylic oxidation sites excluding steroid dienone is 1. The molecule has 0 bridgehead atoms. The Morgan fingerprint density at radius 2 is 2.19 bits per heavy atom. The summed E-state index contributed by atoms with van der Waals surface area (Å²) in [6, 6.07) is 9.92. The molecule has 0 saturated carbocycles. The normalized spacial score (nSPS) is 14.4. The van der Waals surface area contributed by atoms with Gasteiger partial charge in [-0.05, 0) is 30.4 Å². The highest BCUT2D eigenvalue weighted by Crippen LogP contribution is 2.21. The second-order valence-electron chi connectivity index (χ2n) is 5.78. The van der Waals surface area contributed by atoms with Gasteiger partial charge in [-0.1, -0.05) is 23.5 Å². The van der Waals surface area contributed by atoms with Crippen molar-refractivity contribution in [2.24, 2.45) is 4.99 Å². The molecule has 9 heteroatoms. The van der Waals surface area contributed by atoms with Gasteiger partial charge < -0.3 is 9.32 Å². The number of furan rings is 1. The Bertz CT molecular complexity index is 1190. The Morgan fingerprint density at radius 3 is 2.96 bits per heavy atom. The number of nitrogens with zero attached hydrogens (tertiary/aromatic N) is 4. The van der Waals surface area contributed by atoms with Crippen LogP contribution < -0.4 is 19.8 Å². The molecule has 0 radical (unpaired) electrons. The van der Waals surface area contributed by atoms with Crippen LogP contribution >= 0.6 is 11.3 Å². The average molecular weight is 382 g/mol. The van der Waals surface area contributed by atoms with Gasteiger partial charge in [0.2, 0.25) is 0 Å². The fraction of sp³-hybridized carbons (Fsp3) is 0.111. The zero-order valence-electron chi connectivity index (χ0n) is 14.0. The quantitative estimate of drug-likeness (QED) is 0.508. The van der Waals surface area contributed by atoms with Crippen LogP contribution in [0.3, 0.4) is 0 Å². The first-order chi connectivity index (χ1) is 13.1. The standard InChI is InChI=1S/C18H14N4O4S/c23-17-16(8-2-6-15-7-3-9-26-15)27-18-19-11-20(12-21(17)18)13-4-1-5-14(10-13)22(24)25/h1-10H,11-12H2. The largest absolute Gasteiger partial charge is 0.465 e. The number of thiazole rings is 1. The van der Waals surface area contributed by atoms with Crippen LogP contribution in [0.15, 0.2) is 62.9 Å². The van der Waals surface area contributed by atoms with E-state index in [1.807, 2.05) is 11.0 Å². The molecule has 2 aromatic heterocycles. The lowest BCUT2D eigenvalue weighted by atomic mass is 10.2. The Hall–Kier alpha value is -3.46. The number of hydrogen-bond donors (Lipinski definition) is 0. The number of non-ortho nitro benzene ring substituents is 1. The number of nitro benzene ring substituents is 1. The van der Waals surface area contributed by atoms with Gasteiger partial charge in [0.1, 0.15) is 19.1 Å². The third-order valence-corrected chi connectivity index (χ3v) is 5.10. The highest BCUT2D eigenvalue weighted by molar-refractivity contribution is 7.07. The minimum absolute atomic E-state index is 0.00745. The molecule has 3 aromatic rings. The van der Waals surface area contributed by atoms with Gasteiger partial charge in [0, 0.05) is 17.8 Å². The summed E-state index contributed by atoms with van der Waals surface area (Å²) in [6.45, 7) is 0.633. The van der Waals surface area contributed by atoms with Crippen molar-refractivity contribution in [1.29, 1.82) is 0 Å². The van der Waals surface area contributed by atoms with Crippen LogP contribution in [0.25, 0.3) is 12.2 Å². The smallest absolute Gasteiger partial charge is 0.271 e. The van der Waals surface area contributed by atoms with Gasteiger partial charge in [-0.15, -0.1) is 0 Å². The van der Waals surface area contributed by atoms with E-state index in [-0.39, 0.29) is 11.2 Å². The van der Waals surface area contributed by atoms with Crippen molar-refractivity contribution in [3.63, 3.8) is 0 Å². The van der Waals surface area contributed by atoms with Gasteiger partial charge in [-0.2, -0.15) is 0 Å². The van der Waals surface area contributed by atoms with Crippen LogP contribution in [-0.2, 0) is 6.67 Å². The van der Waals surface area contributed by atoms with Crippen LogP contribution in [0, 0.1) is 10.1 Å². The lowest BCUT2D eigenvalue weighted by Gasteiger charge is -2.25. The van der Waals surface area contributed by atoms with Crippen LogP contribution in [0.1, 0.15) is 5.76 Å². The average Bonchev–Trinajstić information content (AvgIpc) is 3.30. The Balaban J connectivity index is 1.62. The van der Waals surface area contributed by atoms with Crippen molar-refractivity contribution in [3.8, 4) is 0 Å². The Labute approximate surface area is 156 Å².